The van der Waals surface area contributed by atoms with Crippen molar-refractivity contribution in [3.05, 3.63) is 41.6 Å². The summed E-state index contributed by atoms with van der Waals surface area (Å²) in [6.45, 7) is 7.23. The van der Waals surface area contributed by atoms with Crippen LogP contribution in [0.1, 0.15) is 37.8 Å². The fourth-order valence-electron chi connectivity index (χ4n) is 2.15. The summed E-state index contributed by atoms with van der Waals surface area (Å²) >= 11 is 0. The van der Waals surface area contributed by atoms with Gasteiger partial charge in [-0.05, 0) is 31.4 Å². The summed E-state index contributed by atoms with van der Waals surface area (Å²) in [5, 5.41) is 6.68. The van der Waals surface area contributed by atoms with Gasteiger partial charge in [0.15, 0.2) is 0 Å². The third-order valence-electron chi connectivity index (χ3n) is 3.29. The minimum absolute atomic E-state index is 0.679. The Bertz CT molecular complexity index is 581. The lowest BCUT2D eigenvalue weighted by Crippen LogP contribution is -2.07. The molecule has 0 aliphatic heterocycles. The maximum atomic E-state index is 4.57. The van der Waals surface area contributed by atoms with Crippen LogP contribution in [0.3, 0.4) is 0 Å². The van der Waals surface area contributed by atoms with Gasteiger partial charge in [0.05, 0.1) is 0 Å². The van der Waals surface area contributed by atoms with E-state index in [0.717, 1.165) is 42.9 Å². The smallest absolute Gasteiger partial charge is 0.224 e. The molecular formula is C17H24N4. The van der Waals surface area contributed by atoms with Crippen LogP contribution in [0, 0.1) is 6.92 Å². The van der Waals surface area contributed by atoms with Gasteiger partial charge in [0, 0.05) is 24.0 Å². The topological polar surface area (TPSA) is 49.8 Å². The predicted octanol–water partition coefficient (Wildman–Crippen LogP) is 4.30. The quantitative estimate of drug-likeness (QED) is 0.795. The number of aromatic nitrogens is 2. The Morgan fingerprint density at radius 3 is 2.67 bits per heavy atom. The number of rotatable bonds is 7. The molecule has 0 fully saturated rings. The molecular weight excluding hydrogens is 260 g/mol. The van der Waals surface area contributed by atoms with E-state index in [2.05, 4.69) is 52.6 Å². The van der Waals surface area contributed by atoms with Crippen LogP contribution in [-0.2, 0) is 6.42 Å². The molecule has 4 nitrogen and oxygen atoms in total. The van der Waals surface area contributed by atoms with Crippen LogP contribution >= 0.6 is 0 Å². The van der Waals surface area contributed by atoms with Crippen LogP contribution in [0.4, 0.5) is 17.5 Å². The van der Waals surface area contributed by atoms with Gasteiger partial charge in [0.2, 0.25) is 5.95 Å². The van der Waals surface area contributed by atoms with Crippen molar-refractivity contribution in [2.45, 2.75) is 40.0 Å². The van der Waals surface area contributed by atoms with Crippen LogP contribution < -0.4 is 10.6 Å². The van der Waals surface area contributed by atoms with Crippen molar-refractivity contribution in [3.8, 4) is 0 Å². The molecule has 1 aromatic heterocycles. The number of benzene rings is 1. The van der Waals surface area contributed by atoms with Crippen molar-refractivity contribution in [2.75, 3.05) is 17.2 Å². The number of para-hydroxylation sites is 1. The molecule has 0 radical (unpaired) electrons. The summed E-state index contributed by atoms with van der Waals surface area (Å²) in [5.41, 5.74) is 3.49. The molecule has 0 saturated heterocycles. The van der Waals surface area contributed by atoms with E-state index >= 15 is 0 Å². The summed E-state index contributed by atoms with van der Waals surface area (Å²) in [5.74, 6) is 1.55. The lowest BCUT2D eigenvalue weighted by molar-refractivity contribution is 0.922. The average Bonchev–Trinajstić information content (AvgIpc) is 2.50. The zero-order valence-electron chi connectivity index (χ0n) is 13.1. The van der Waals surface area contributed by atoms with E-state index in [4.69, 9.17) is 0 Å². The molecule has 0 aliphatic rings. The molecule has 1 aromatic carbocycles. The normalized spacial score (nSPS) is 10.4. The van der Waals surface area contributed by atoms with Crippen LogP contribution in [0.25, 0.3) is 0 Å². The summed E-state index contributed by atoms with van der Waals surface area (Å²) in [6.07, 6.45) is 5.11. The Morgan fingerprint density at radius 1 is 1.10 bits per heavy atom. The zero-order valence-corrected chi connectivity index (χ0v) is 13.1. The minimum atomic E-state index is 0.679. The first kappa shape index (κ1) is 15.3. The lowest BCUT2D eigenvalue weighted by atomic mass is 10.1. The minimum Gasteiger partial charge on any atom is -0.354 e. The highest BCUT2D eigenvalue weighted by Gasteiger charge is 2.06. The van der Waals surface area contributed by atoms with E-state index in [1.807, 2.05) is 19.2 Å². The number of aryl methyl sites for hydroxylation is 2. The summed E-state index contributed by atoms with van der Waals surface area (Å²) in [6, 6.07) is 8.40. The average molecular weight is 284 g/mol. The second kappa shape index (κ2) is 7.62. The van der Waals surface area contributed by atoms with Crippen molar-refractivity contribution in [2.24, 2.45) is 0 Å². The summed E-state index contributed by atoms with van der Waals surface area (Å²) < 4.78 is 0. The predicted molar refractivity (Wildman–Crippen MR) is 89.3 cm³/mol. The first-order valence-electron chi connectivity index (χ1n) is 7.67. The SMILES string of the molecule is CCCNc1ncc(C)c(Nc2ccccc2CCC)n1. The maximum absolute atomic E-state index is 4.57. The molecule has 0 unspecified atom stereocenters. The van der Waals surface area contributed by atoms with E-state index in [1.54, 1.807) is 0 Å². The Balaban J connectivity index is 2.22. The molecule has 4 heteroatoms. The summed E-state index contributed by atoms with van der Waals surface area (Å²) in [4.78, 5) is 8.89. The fourth-order valence-corrected chi connectivity index (χ4v) is 2.15. The Kier molecular flexibility index (Phi) is 5.55. The van der Waals surface area contributed by atoms with Gasteiger partial charge in [-0.1, -0.05) is 38.5 Å². The first-order valence-corrected chi connectivity index (χ1v) is 7.67. The number of hydrogen-bond acceptors (Lipinski definition) is 4. The monoisotopic (exact) mass is 284 g/mol. The molecule has 2 N–H and O–H groups in total. The van der Waals surface area contributed by atoms with Crippen LogP contribution in [-0.4, -0.2) is 16.5 Å². The number of nitrogens with one attached hydrogen (secondary N) is 2. The van der Waals surface area contributed by atoms with Crippen molar-refractivity contribution in [1.29, 1.82) is 0 Å². The van der Waals surface area contributed by atoms with Gasteiger partial charge in [-0.15, -0.1) is 0 Å². The van der Waals surface area contributed by atoms with Crippen molar-refractivity contribution in [1.82, 2.24) is 9.97 Å². The number of hydrogen-bond donors (Lipinski definition) is 2. The number of nitrogens with zero attached hydrogens (tertiary/aromatic N) is 2. The molecule has 0 amide bonds. The van der Waals surface area contributed by atoms with Gasteiger partial charge in [-0.3, -0.25) is 0 Å². The van der Waals surface area contributed by atoms with Crippen LogP contribution in [0.5, 0.6) is 0 Å². The van der Waals surface area contributed by atoms with E-state index in [1.165, 1.54) is 5.56 Å². The molecule has 0 aliphatic carbocycles. The Labute approximate surface area is 127 Å². The molecule has 0 bridgehead atoms. The Hall–Kier alpha value is -2.10. The molecule has 0 atom stereocenters. The molecule has 0 spiro atoms. The van der Waals surface area contributed by atoms with E-state index in [0.29, 0.717) is 5.95 Å². The van der Waals surface area contributed by atoms with Gasteiger partial charge in [-0.2, -0.15) is 4.98 Å². The first-order chi connectivity index (χ1) is 10.2. The van der Waals surface area contributed by atoms with E-state index in [9.17, 15) is 0 Å². The highest BCUT2D eigenvalue weighted by molar-refractivity contribution is 5.63. The van der Waals surface area contributed by atoms with Gasteiger partial charge in [0.1, 0.15) is 5.82 Å². The molecule has 1 heterocycles. The molecule has 2 rings (SSSR count). The highest BCUT2D eigenvalue weighted by Crippen LogP contribution is 2.23. The van der Waals surface area contributed by atoms with E-state index < -0.39 is 0 Å². The van der Waals surface area contributed by atoms with E-state index in [-0.39, 0.29) is 0 Å². The standard InChI is InChI=1S/C17H24N4/c1-4-8-14-9-6-7-10-15(14)20-16-13(3)12-19-17(21-16)18-11-5-2/h6-7,9-10,12H,4-5,8,11H2,1-3H3,(H2,18,19,20,21). The third kappa shape index (κ3) is 4.18. The van der Waals surface area contributed by atoms with Crippen molar-refractivity contribution in [3.63, 3.8) is 0 Å². The molecule has 0 saturated carbocycles. The van der Waals surface area contributed by atoms with Gasteiger partial charge in [0.25, 0.3) is 0 Å². The maximum Gasteiger partial charge on any atom is 0.224 e. The number of anilines is 3. The van der Waals surface area contributed by atoms with Crippen molar-refractivity contribution >= 4 is 17.5 Å². The molecule has 21 heavy (non-hydrogen) atoms. The second-order valence-electron chi connectivity index (χ2n) is 5.18. The molecule has 112 valence electrons. The summed E-state index contributed by atoms with van der Waals surface area (Å²) in [7, 11) is 0. The van der Waals surface area contributed by atoms with Gasteiger partial charge < -0.3 is 10.6 Å². The largest absolute Gasteiger partial charge is 0.354 e. The van der Waals surface area contributed by atoms with Crippen LogP contribution in [0.2, 0.25) is 0 Å². The van der Waals surface area contributed by atoms with Crippen LogP contribution in [0.15, 0.2) is 30.5 Å². The van der Waals surface area contributed by atoms with Gasteiger partial charge >= 0.3 is 0 Å². The highest BCUT2D eigenvalue weighted by atomic mass is 15.1. The zero-order chi connectivity index (χ0) is 15.1. The Morgan fingerprint density at radius 2 is 1.90 bits per heavy atom. The second-order valence-corrected chi connectivity index (χ2v) is 5.18. The third-order valence-corrected chi connectivity index (χ3v) is 3.29. The fraction of sp³-hybridized carbons (Fsp3) is 0.412. The lowest BCUT2D eigenvalue weighted by Gasteiger charge is -2.13. The molecule has 2 aromatic rings. The van der Waals surface area contributed by atoms with Crippen molar-refractivity contribution < 1.29 is 0 Å². The van der Waals surface area contributed by atoms with Gasteiger partial charge in [-0.25, -0.2) is 4.98 Å².